The molecule has 1 atom stereocenters. The van der Waals surface area contributed by atoms with E-state index in [1.165, 1.54) is 0 Å². The predicted molar refractivity (Wildman–Crippen MR) is 72.6 cm³/mol. The summed E-state index contributed by atoms with van der Waals surface area (Å²) in [6, 6.07) is 7.42. The average molecular weight is 263 g/mol. The Hall–Kier alpha value is -1.31. The van der Waals surface area contributed by atoms with Gasteiger partial charge in [-0.15, -0.1) is 5.92 Å². The van der Waals surface area contributed by atoms with Gasteiger partial charge < -0.3 is 4.74 Å². The molecular formula is C14H17NO2S. The van der Waals surface area contributed by atoms with E-state index in [4.69, 9.17) is 4.74 Å². The maximum Gasteiger partial charge on any atom is 0.149 e. The second-order valence-electron chi connectivity index (χ2n) is 4.07. The molecule has 0 N–H and O–H groups in total. The minimum atomic E-state index is -1.02. The van der Waals surface area contributed by atoms with E-state index in [0.717, 1.165) is 36.6 Å². The summed E-state index contributed by atoms with van der Waals surface area (Å²) in [5.74, 6) is 6.38. The summed E-state index contributed by atoms with van der Waals surface area (Å²) in [6.45, 7) is 4.03. The SMILES string of the molecule is CC#CCOc1ccc(S(=O)N2CCCC2)cc1. The molecule has 0 aliphatic carbocycles. The van der Waals surface area contributed by atoms with Crippen molar-refractivity contribution >= 4 is 11.0 Å². The van der Waals surface area contributed by atoms with Crippen LogP contribution in [0.25, 0.3) is 0 Å². The zero-order chi connectivity index (χ0) is 12.8. The van der Waals surface area contributed by atoms with Crippen molar-refractivity contribution in [3.8, 4) is 17.6 Å². The molecule has 0 aromatic heterocycles. The molecule has 1 unspecified atom stereocenters. The molecular weight excluding hydrogens is 246 g/mol. The molecule has 18 heavy (non-hydrogen) atoms. The Morgan fingerprint density at radius 2 is 1.94 bits per heavy atom. The first-order valence-corrected chi connectivity index (χ1v) is 7.21. The maximum absolute atomic E-state index is 12.2. The Kier molecular flexibility index (Phi) is 4.80. The van der Waals surface area contributed by atoms with E-state index >= 15 is 0 Å². The Labute approximate surface area is 111 Å². The Bertz CT molecular complexity index is 467. The predicted octanol–water partition coefficient (Wildman–Crippen LogP) is 2.21. The van der Waals surface area contributed by atoms with Crippen molar-refractivity contribution in [2.75, 3.05) is 19.7 Å². The molecule has 1 fully saturated rings. The van der Waals surface area contributed by atoms with Gasteiger partial charge in [0.15, 0.2) is 0 Å². The number of hydrogen-bond acceptors (Lipinski definition) is 2. The molecule has 1 heterocycles. The molecule has 96 valence electrons. The van der Waals surface area contributed by atoms with Gasteiger partial charge in [0, 0.05) is 13.1 Å². The number of nitrogens with zero attached hydrogens (tertiary/aromatic N) is 1. The van der Waals surface area contributed by atoms with Crippen LogP contribution in [0.4, 0.5) is 0 Å². The van der Waals surface area contributed by atoms with Crippen LogP contribution in [-0.4, -0.2) is 28.2 Å². The van der Waals surface area contributed by atoms with Gasteiger partial charge in [0.2, 0.25) is 0 Å². The standard InChI is InChI=1S/C14H17NO2S/c1-2-3-12-17-13-6-8-14(9-7-13)18(16)15-10-4-5-11-15/h6-9H,4-5,10-12H2,1H3. The van der Waals surface area contributed by atoms with E-state index in [-0.39, 0.29) is 0 Å². The summed E-state index contributed by atoms with van der Waals surface area (Å²) in [5, 5.41) is 0. The van der Waals surface area contributed by atoms with E-state index in [1.807, 2.05) is 28.6 Å². The summed E-state index contributed by atoms with van der Waals surface area (Å²) in [6.07, 6.45) is 2.28. The minimum absolute atomic E-state index is 0.394. The zero-order valence-corrected chi connectivity index (χ0v) is 11.3. The van der Waals surface area contributed by atoms with Gasteiger partial charge in [-0.05, 0) is 44.0 Å². The minimum Gasteiger partial charge on any atom is -0.481 e. The monoisotopic (exact) mass is 263 g/mol. The highest BCUT2D eigenvalue weighted by atomic mass is 32.2. The lowest BCUT2D eigenvalue weighted by molar-refractivity contribution is 0.370. The lowest BCUT2D eigenvalue weighted by Crippen LogP contribution is -2.21. The fourth-order valence-electron chi connectivity index (χ4n) is 1.85. The van der Waals surface area contributed by atoms with Crippen LogP contribution in [0.5, 0.6) is 5.75 Å². The lowest BCUT2D eigenvalue weighted by Gasteiger charge is -2.13. The van der Waals surface area contributed by atoms with Crippen molar-refractivity contribution in [1.29, 1.82) is 0 Å². The third-order valence-corrected chi connectivity index (χ3v) is 4.32. The summed E-state index contributed by atoms with van der Waals surface area (Å²) in [5.41, 5.74) is 0. The van der Waals surface area contributed by atoms with Crippen LogP contribution in [0.2, 0.25) is 0 Å². The maximum atomic E-state index is 12.2. The smallest absolute Gasteiger partial charge is 0.149 e. The van der Waals surface area contributed by atoms with Crippen LogP contribution in [0, 0.1) is 11.8 Å². The van der Waals surface area contributed by atoms with Gasteiger partial charge in [0.05, 0.1) is 4.90 Å². The van der Waals surface area contributed by atoms with Crippen LogP contribution < -0.4 is 4.74 Å². The van der Waals surface area contributed by atoms with Crippen LogP contribution in [0.1, 0.15) is 19.8 Å². The molecule has 1 aliphatic heterocycles. The van der Waals surface area contributed by atoms with Crippen LogP contribution >= 0.6 is 0 Å². The molecule has 1 aromatic carbocycles. The van der Waals surface area contributed by atoms with Gasteiger partial charge in [-0.2, -0.15) is 0 Å². The normalized spacial score (nSPS) is 16.9. The lowest BCUT2D eigenvalue weighted by atomic mass is 10.3. The summed E-state index contributed by atoms with van der Waals surface area (Å²) in [7, 11) is -1.02. The third-order valence-electron chi connectivity index (χ3n) is 2.81. The van der Waals surface area contributed by atoms with E-state index in [0.29, 0.717) is 6.61 Å². The van der Waals surface area contributed by atoms with Crippen LogP contribution in [-0.2, 0) is 11.0 Å². The van der Waals surface area contributed by atoms with Crippen molar-refractivity contribution < 1.29 is 8.95 Å². The fourth-order valence-corrected chi connectivity index (χ4v) is 3.10. The van der Waals surface area contributed by atoms with Crippen molar-refractivity contribution in [3.05, 3.63) is 24.3 Å². The molecule has 0 spiro atoms. The van der Waals surface area contributed by atoms with Gasteiger partial charge in [-0.25, -0.2) is 8.51 Å². The zero-order valence-electron chi connectivity index (χ0n) is 10.5. The number of rotatable bonds is 4. The number of benzene rings is 1. The summed E-state index contributed by atoms with van der Waals surface area (Å²) < 4.78 is 19.6. The molecule has 1 aliphatic rings. The first kappa shape index (κ1) is 13.1. The van der Waals surface area contributed by atoms with E-state index in [9.17, 15) is 4.21 Å². The average Bonchev–Trinajstić information content (AvgIpc) is 2.93. The quantitative estimate of drug-likeness (QED) is 0.779. The highest BCUT2D eigenvalue weighted by Gasteiger charge is 2.18. The largest absolute Gasteiger partial charge is 0.481 e. The summed E-state index contributed by atoms with van der Waals surface area (Å²) >= 11 is 0. The molecule has 0 amide bonds. The molecule has 0 bridgehead atoms. The molecule has 3 nitrogen and oxygen atoms in total. The van der Waals surface area contributed by atoms with Gasteiger partial charge >= 0.3 is 0 Å². The van der Waals surface area contributed by atoms with Gasteiger partial charge in [-0.3, -0.25) is 0 Å². The van der Waals surface area contributed by atoms with E-state index in [2.05, 4.69) is 11.8 Å². The third kappa shape index (κ3) is 3.34. The first-order chi connectivity index (χ1) is 8.81. The number of hydrogen-bond donors (Lipinski definition) is 0. The second kappa shape index (κ2) is 6.58. The van der Waals surface area contributed by atoms with Crippen LogP contribution in [0.3, 0.4) is 0 Å². The highest BCUT2D eigenvalue weighted by molar-refractivity contribution is 7.82. The molecule has 2 rings (SSSR count). The second-order valence-corrected chi connectivity index (χ2v) is 5.56. The van der Waals surface area contributed by atoms with Crippen molar-refractivity contribution in [2.24, 2.45) is 0 Å². The van der Waals surface area contributed by atoms with Crippen molar-refractivity contribution in [3.63, 3.8) is 0 Å². The molecule has 1 saturated heterocycles. The fraction of sp³-hybridized carbons (Fsp3) is 0.429. The van der Waals surface area contributed by atoms with Crippen molar-refractivity contribution in [2.45, 2.75) is 24.7 Å². The molecule has 0 saturated carbocycles. The van der Waals surface area contributed by atoms with Crippen molar-refractivity contribution in [1.82, 2.24) is 4.31 Å². The van der Waals surface area contributed by atoms with E-state index in [1.54, 1.807) is 6.92 Å². The summed E-state index contributed by atoms with van der Waals surface area (Å²) in [4.78, 5) is 0.839. The topological polar surface area (TPSA) is 29.5 Å². The first-order valence-electron chi connectivity index (χ1n) is 6.10. The van der Waals surface area contributed by atoms with E-state index < -0.39 is 11.0 Å². The molecule has 1 aromatic rings. The van der Waals surface area contributed by atoms with Gasteiger partial charge in [-0.1, -0.05) is 5.92 Å². The molecule has 4 heteroatoms. The Morgan fingerprint density at radius 3 is 2.56 bits per heavy atom. The highest BCUT2D eigenvalue weighted by Crippen LogP contribution is 2.19. The number of ether oxygens (including phenoxy) is 1. The Morgan fingerprint density at radius 1 is 1.28 bits per heavy atom. The van der Waals surface area contributed by atoms with Crippen LogP contribution in [0.15, 0.2) is 29.2 Å². The molecule has 0 radical (unpaired) electrons. The Balaban J connectivity index is 1.97. The van der Waals surface area contributed by atoms with Gasteiger partial charge in [0.25, 0.3) is 0 Å². The van der Waals surface area contributed by atoms with Gasteiger partial charge in [0.1, 0.15) is 23.3 Å².